The fourth-order valence-electron chi connectivity index (χ4n) is 3.05. The third-order valence-corrected chi connectivity index (χ3v) is 5.30. The van der Waals surface area contributed by atoms with E-state index in [1.807, 2.05) is 41.8 Å². The number of methoxy groups -OCH3 is 1. The first-order chi connectivity index (χ1) is 14.2. The number of ether oxygens (including phenoxy) is 3. The lowest BCUT2D eigenvalue weighted by Gasteiger charge is -2.25. The molecule has 0 saturated carbocycles. The fourth-order valence-corrected chi connectivity index (χ4v) is 3.89. The number of carbonyl (C=O) groups excluding carboxylic acids is 1. The highest BCUT2D eigenvalue weighted by Crippen LogP contribution is 2.31. The Hall–Kier alpha value is -3.59. The smallest absolute Gasteiger partial charge is 0.271 e. The zero-order valence-electron chi connectivity index (χ0n) is 15.4. The molecule has 1 unspecified atom stereocenters. The molecule has 2 aromatic heterocycles. The number of hydrogen-bond acceptors (Lipinski definition) is 7. The van der Waals surface area contributed by atoms with Crippen LogP contribution in [0, 0.1) is 0 Å². The van der Waals surface area contributed by atoms with Crippen LogP contribution in [0.2, 0.25) is 0 Å². The van der Waals surface area contributed by atoms with Gasteiger partial charge < -0.3 is 14.2 Å². The van der Waals surface area contributed by atoms with Gasteiger partial charge in [0.25, 0.3) is 11.9 Å². The van der Waals surface area contributed by atoms with Gasteiger partial charge in [0, 0.05) is 10.9 Å². The van der Waals surface area contributed by atoms with Crippen molar-refractivity contribution in [3.05, 3.63) is 53.9 Å². The number of nitrogens with one attached hydrogen (secondary N) is 1. The molecule has 1 N–H and O–H groups in total. The largest absolute Gasteiger partial charge is 0.497 e. The van der Waals surface area contributed by atoms with Gasteiger partial charge in [-0.25, -0.2) is 4.52 Å². The summed E-state index contributed by atoms with van der Waals surface area (Å²) in [6, 6.07) is 14.9. The van der Waals surface area contributed by atoms with Crippen LogP contribution in [0.3, 0.4) is 0 Å². The number of para-hydroxylation sites is 2. The molecule has 5 rings (SSSR count). The SMILES string of the molecule is COc1cccc(-c2csc3nc(NC(=O)C4COc5ccccc5O4)nn23)c1. The summed E-state index contributed by atoms with van der Waals surface area (Å²) in [4.78, 5) is 17.7. The van der Waals surface area contributed by atoms with Gasteiger partial charge in [0.1, 0.15) is 12.4 Å². The topological polar surface area (TPSA) is 87.0 Å². The Bertz CT molecular complexity index is 1200. The number of benzene rings is 2. The lowest BCUT2D eigenvalue weighted by Crippen LogP contribution is -2.40. The van der Waals surface area contributed by atoms with E-state index in [2.05, 4.69) is 15.4 Å². The minimum absolute atomic E-state index is 0.125. The highest BCUT2D eigenvalue weighted by molar-refractivity contribution is 7.15. The first-order valence-electron chi connectivity index (χ1n) is 8.89. The molecule has 29 heavy (non-hydrogen) atoms. The summed E-state index contributed by atoms with van der Waals surface area (Å²) in [7, 11) is 1.63. The second-order valence-electron chi connectivity index (χ2n) is 6.34. The van der Waals surface area contributed by atoms with E-state index in [1.165, 1.54) is 11.3 Å². The second kappa shape index (κ2) is 7.10. The fraction of sp³-hybridized carbons (Fsp3) is 0.150. The van der Waals surface area contributed by atoms with Crippen molar-refractivity contribution in [1.29, 1.82) is 0 Å². The van der Waals surface area contributed by atoms with Crippen molar-refractivity contribution in [1.82, 2.24) is 14.6 Å². The standard InChI is InChI=1S/C20H16N4O4S/c1-26-13-6-4-5-12(9-13)14-11-29-20-22-19(23-24(14)20)21-18(25)17-10-27-15-7-2-3-8-16(15)28-17/h2-9,11,17H,10H2,1H3,(H,21,23,25). The van der Waals surface area contributed by atoms with Gasteiger partial charge in [-0.2, -0.15) is 4.98 Å². The van der Waals surface area contributed by atoms with Crippen LogP contribution in [0.5, 0.6) is 17.2 Å². The van der Waals surface area contributed by atoms with Gasteiger partial charge in [0.2, 0.25) is 11.1 Å². The molecule has 4 aromatic rings. The molecule has 0 spiro atoms. The van der Waals surface area contributed by atoms with Gasteiger partial charge >= 0.3 is 0 Å². The molecule has 0 radical (unpaired) electrons. The second-order valence-corrected chi connectivity index (χ2v) is 7.17. The van der Waals surface area contributed by atoms with E-state index in [1.54, 1.807) is 23.8 Å². The van der Waals surface area contributed by atoms with E-state index in [9.17, 15) is 4.79 Å². The molecular weight excluding hydrogens is 392 g/mol. The van der Waals surface area contributed by atoms with E-state index in [-0.39, 0.29) is 18.5 Å². The molecule has 2 aromatic carbocycles. The maximum absolute atomic E-state index is 12.6. The zero-order chi connectivity index (χ0) is 19.8. The summed E-state index contributed by atoms with van der Waals surface area (Å²) in [6.45, 7) is 0.125. The quantitative estimate of drug-likeness (QED) is 0.558. The van der Waals surface area contributed by atoms with E-state index < -0.39 is 6.10 Å². The summed E-state index contributed by atoms with van der Waals surface area (Å²) in [5.74, 6) is 1.78. The number of anilines is 1. The third-order valence-electron chi connectivity index (χ3n) is 4.48. The zero-order valence-corrected chi connectivity index (χ0v) is 16.2. The molecule has 1 atom stereocenters. The maximum atomic E-state index is 12.6. The van der Waals surface area contributed by atoms with E-state index in [0.717, 1.165) is 17.0 Å². The first-order valence-corrected chi connectivity index (χ1v) is 9.77. The molecule has 3 heterocycles. The van der Waals surface area contributed by atoms with Crippen molar-refractivity contribution < 1.29 is 19.0 Å². The molecule has 1 amide bonds. The molecule has 8 nitrogen and oxygen atoms in total. The lowest BCUT2D eigenvalue weighted by molar-refractivity contribution is -0.125. The summed E-state index contributed by atoms with van der Waals surface area (Å²) in [5.41, 5.74) is 1.81. The minimum Gasteiger partial charge on any atom is -0.497 e. The van der Waals surface area contributed by atoms with Crippen molar-refractivity contribution in [3.8, 4) is 28.5 Å². The molecule has 0 aliphatic carbocycles. The highest BCUT2D eigenvalue weighted by Gasteiger charge is 2.28. The number of rotatable bonds is 4. The van der Waals surface area contributed by atoms with Crippen molar-refractivity contribution >= 4 is 28.2 Å². The first kappa shape index (κ1) is 17.5. The molecule has 0 bridgehead atoms. The normalized spacial score (nSPS) is 15.3. The Labute approximate surface area is 169 Å². The molecule has 9 heteroatoms. The van der Waals surface area contributed by atoms with Gasteiger partial charge in [-0.1, -0.05) is 24.3 Å². The summed E-state index contributed by atoms with van der Waals surface area (Å²) < 4.78 is 18.3. The van der Waals surface area contributed by atoms with E-state index in [0.29, 0.717) is 16.5 Å². The molecule has 0 fully saturated rings. The van der Waals surface area contributed by atoms with Crippen molar-refractivity contribution in [3.63, 3.8) is 0 Å². The van der Waals surface area contributed by atoms with Crippen LogP contribution in [-0.2, 0) is 4.79 Å². The van der Waals surface area contributed by atoms with E-state index in [4.69, 9.17) is 14.2 Å². The number of hydrogen-bond donors (Lipinski definition) is 1. The molecule has 1 aliphatic rings. The Morgan fingerprint density at radius 2 is 2.10 bits per heavy atom. The molecule has 1 aliphatic heterocycles. The van der Waals surface area contributed by atoms with Crippen molar-refractivity contribution in [2.45, 2.75) is 6.10 Å². The third kappa shape index (κ3) is 3.25. The summed E-state index contributed by atoms with van der Waals surface area (Å²) in [5, 5.41) is 9.11. The minimum atomic E-state index is -0.774. The van der Waals surface area contributed by atoms with Crippen molar-refractivity contribution in [2.24, 2.45) is 0 Å². The average Bonchev–Trinajstić information content (AvgIpc) is 3.33. The lowest BCUT2D eigenvalue weighted by atomic mass is 10.2. The van der Waals surface area contributed by atoms with Crippen molar-refractivity contribution in [2.75, 3.05) is 19.0 Å². The van der Waals surface area contributed by atoms with Gasteiger partial charge in [0.15, 0.2) is 11.5 Å². The summed E-state index contributed by atoms with van der Waals surface area (Å²) in [6.07, 6.45) is -0.774. The highest BCUT2D eigenvalue weighted by atomic mass is 32.1. The molecular formula is C20H16N4O4S. The average molecular weight is 408 g/mol. The van der Waals surface area contributed by atoms with Gasteiger partial charge in [-0.15, -0.1) is 16.4 Å². The Balaban J connectivity index is 1.36. The van der Waals surface area contributed by atoms with Gasteiger partial charge in [-0.3, -0.25) is 10.1 Å². The maximum Gasteiger partial charge on any atom is 0.271 e. The number of thiazole rings is 1. The number of amides is 1. The van der Waals surface area contributed by atoms with Gasteiger partial charge in [0.05, 0.1) is 12.8 Å². The number of nitrogens with zero attached hydrogens (tertiary/aromatic N) is 3. The number of carbonyl (C=O) groups is 1. The van der Waals surface area contributed by atoms with Crippen LogP contribution in [-0.4, -0.2) is 40.3 Å². The van der Waals surface area contributed by atoms with E-state index >= 15 is 0 Å². The van der Waals surface area contributed by atoms with Crippen LogP contribution >= 0.6 is 11.3 Å². The predicted molar refractivity (Wildman–Crippen MR) is 108 cm³/mol. The Kier molecular flexibility index (Phi) is 4.28. The van der Waals surface area contributed by atoms with Crippen LogP contribution in [0.25, 0.3) is 16.2 Å². The predicted octanol–water partition coefficient (Wildman–Crippen LogP) is 3.24. The van der Waals surface area contributed by atoms with Crippen LogP contribution in [0.4, 0.5) is 5.95 Å². The Morgan fingerprint density at radius 1 is 1.24 bits per heavy atom. The Morgan fingerprint density at radius 3 is 2.97 bits per heavy atom. The number of aromatic nitrogens is 3. The summed E-state index contributed by atoms with van der Waals surface area (Å²) >= 11 is 1.44. The molecule has 146 valence electrons. The van der Waals surface area contributed by atoms with Gasteiger partial charge in [-0.05, 0) is 24.3 Å². The monoisotopic (exact) mass is 408 g/mol. The van der Waals surface area contributed by atoms with Crippen LogP contribution in [0.15, 0.2) is 53.9 Å². The number of fused-ring (bicyclic) bond motifs is 2. The van der Waals surface area contributed by atoms with Crippen LogP contribution in [0.1, 0.15) is 0 Å². The van der Waals surface area contributed by atoms with Crippen LogP contribution < -0.4 is 19.5 Å². The molecule has 0 saturated heterocycles.